The van der Waals surface area contributed by atoms with Crippen molar-refractivity contribution in [3.05, 3.63) is 65.6 Å². The minimum absolute atomic E-state index is 0.380. The van der Waals surface area contributed by atoms with Crippen molar-refractivity contribution in [3.8, 4) is 11.3 Å². The number of nitrogens with zero attached hydrogens (tertiary/aromatic N) is 2. The second-order valence-electron chi connectivity index (χ2n) is 4.00. The molecule has 0 saturated carbocycles. The van der Waals surface area contributed by atoms with E-state index in [1.54, 1.807) is 6.07 Å². The molecule has 18 heavy (non-hydrogen) atoms. The Hall–Kier alpha value is -2.55. The maximum atomic E-state index is 10.8. The molecule has 0 aliphatic carbocycles. The maximum absolute atomic E-state index is 10.8. The second kappa shape index (κ2) is 4.37. The molecule has 0 spiro atoms. The van der Waals surface area contributed by atoms with Gasteiger partial charge in [0, 0.05) is 10.9 Å². The fourth-order valence-electron chi connectivity index (χ4n) is 1.97. The molecule has 0 unspecified atom stereocenters. The summed E-state index contributed by atoms with van der Waals surface area (Å²) in [7, 11) is 0. The molecule has 0 N–H and O–H groups in total. The summed E-state index contributed by atoms with van der Waals surface area (Å²) in [6.07, 6.45) is 0. The number of benzene rings is 2. The number of nitroso groups, excluding NO2 is 1. The molecule has 0 radical (unpaired) electrons. The Morgan fingerprint density at radius 3 is 2.44 bits per heavy atom. The molecule has 0 amide bonds. The second-order valence-corrected chi connectivity index (χ2v) is 4.00. The fourth-order valence-corrected chi connectivity index (χ4v) is 1.97. The summed E-state index contributed by atoms with van der Waals surface area (Å²) in [6.45, 7) is 0. The zero-order valence-electron chi connectivity index (χ0n) is 9.58. The van der Waals surface area contributed by atoms with Gasteiger partial charge in [-0.25, -0.2) is 4.98 Å². The van der Waals surface area contributed by atoms with Crippen molar-refractivity contribution in [3.63, 3.8) is 0 Å². The van der Waals surface area contributed by atoms with E-state index >= 15 is 0 Å². The number of pyridine rings is 1. The van der Waals surface area contributed by atoms with Gasteiger partial charge in [-0.05, 0) is 17.3 Å². The molecule has 0 saturated heterocycles. The van der Waals surface area contributed by atoms with Gasteiger partial charge in [0.15, 0.2) is 0 Å². The Morgan fingerprint density at radius 2 is 1.67 bits per heavy atom. The number of rotatable bonds is 2. The predicted octanol–water partition coefficient (Wildman–Crippen LogP) is 4.30. The summed E-state index contributed by atoms with van der Waals surface area (Å²) in [4.78, 5) is 15.3. The molecule has 1 heterocycles. The Morgan fingerprint density at radius 1 is 0.833 bits per heavy atom. The third-order valence-electron chi connectivity index (χ3n) is 2.87. The largest absolute Gasteiger partial charge is 0.245 e. The van der Waals surface area contributed by atoms with Crippen LogP contribution in [-0.2, 0) is 0 Å². The molecular formula is C15H10N2O. The Bertz CT molecular complexity index is 708. The molecule has 0 aliphatic rings. The summed E-state index contributed by atoms with van der Waals surface area (Å²) >= 11 is 0. The van der Waals surface area contributed by atoms with E-state index < -0.39 is 0 Å². The first kappa shape index (κ1) is 10.6. The molecule has 2 aromatic carbocycles. The minimum Gasteiger partial charge on any atom is -0.245 e. The van der Waals surface area contributed by atoms with E-state index in [1.807, 2.05) is 54.6 Å². The van der Waals surface area contributed by atoms with Crippen LogP contribution in [-0.4, -0.2) is 4.98 Å². The molecule has 0 atom stereocenters. The fraction of sp³-hybridized carbons (Fsp3) is 0. The van der Waals surface area contributed by atoms with Crippen LogP contribution in [0.15, 0.2) is 65.8 Å². The van der Waals surface area contributed by atoms with Crippen LogP contribution in [0.25, 0.3) is 22.2 Å². The van der Waals surface area contributed by atoms with Gasteiger partial charge in [-0.1, -0.05) is 48.5 Å². The number of para-hydroxylation sites is 1. The lowest BCUT2D eigenvalue weighted by atomic mass is 10.1. The first-order chi connectivity index (χ1) is 8.88. The van der Waals surface area contributed by atoms with E-state index in [2.05, 4.69) is 10.2 Å². The lowest BCUT2D eigenvalue weighted by Crippen LogP contribution is -1.85. The zero-order valence-corrected chi connectivity index (χ0v) is 9.58. The smallest absolute Gasteiger partial charge is 0.134 e. The number of hydrogen-bond donors (Lipinski definition) is 0. The first-order valence-electron chi connectivity index (χ1n) is 5.67. The summed E-state index contributed by atoms with van der Waals surface area (Å²) in [5.41, 5.74) is 2.90. The van der Waals surface area contributed by atoms with Crippen LogP contribution in [0.5, 0.6) is 0 Å². The third-order valence-corrected chi connectivity index (χ3v) is 2.87. The highest BCUT2D eigenvalue weighted by atomic mass is 16.3. The average Bonchev–Trinajstić information content (AvgIpc) is 2.47. The van der Waals surface area contributed by atoms with E-state index in [0.717, 1.165) is 16.6 Å². The molecular weight excluding hydrogens is 224 g/mol. The standard InChI is InChI=1S/C15H10N2O/c18-17-14-8-4-7-12-9-10-13(16-15(12)14)11-5-2-1-3-6-11/h1-10H. The van der Waals surface area contributed by atoms with Gasteiger partial charge in [-0.3, -0.25) is 0 Å². The number of fused-ring (bicyclic) bond motifs is 1. The van der Waals surface area contributed by atoms with Crippen molar-refractivity contribution < 1.29 is 0 Å². The van der Waals surface area contributed by atoms with Crippen LogP contribution >= 0.6 is 0 Å². The van der Waals surface area contributed by atoms with Crippen LogP contribution in [0.4, 0.5) is 5.69 Å². The number of hydrogen-bond acceptors (Lipinski definition) is 3. The predicted molar refractivity (Wildman–Crippen MR) is 72.6 cm³/mol. The van der Waals surface area contributed by atoms with Gasteiger partial charge in [-0.2, -0.15) is 0 Å². The highest BCUT2D eigenvalue weighted by molar-refractivity contribution is 5.90. The van der Waals surface area contributed by atoms with E-state index in [4.69, 9.17) is 0 Å². The van der Waals surface area contributed by atoms with Crippen molar-refractivity contribution in [1.82, 2.24) is 4.98 Å². The topological polar surface area (TPSA) is 42.3 Å². The van der Waals surface area contributed by atoms with Crippen LogP contribution < -0.4 is 0 Å². The average molecular weight is 234 g/mol. The minimum atomic E-state index is 0.380. The van der Waals surface area contributed by atoms with Crippen molar-refractivity contribution >= 4 is 16.6 Å². The molecule has 3 rings (SSSR count). The van der Waals surface area contributed by atoms with E-state index in [0.29, 0.717) is 11.2 Å². The van der Waals surface area contributed by atoms with Crippen molar-refractivity contribution in [2.75, 3.05) is 0 Å². The van der Waals surface area contributed by atoms with E-state index in [1.165, 1.54) is 0 Å². The Kier molecular flexibility index (Phi) is 2.57. The SMILES string of the molecule is O=Nc1cccc2ccc(-c3ccccc3)nc12. The highest BCUT2D eigenvalue weighted by Crippen LogP contribution is 2.27. The molecule has 1 aromatic heterocycles. The van der Waals surface area contributed by atoms with E-state index in [9.17, 15) is 4.91 Å². The van der Waals surface area contributed by atoms with Crippen molar-refractivity contribution in [2.45, 2.75) is 0 Å². The quantitative estimate of drug-likeness (QED) is 0.620. The molecule has 3 heteroatoms. The first-order valence-corrected chi connectivity index (χ1v) is 5.67. The van der Waals surface area contributed by atoms with Crippen LogP contribution in [0.2, 0.25) is 0 Å². The van der Waals surface area contributed by atoms with Gasteiger partial charge in [0.2, 0.25) is 0 Å². The van der Waals surface area contributed by atoms with Crippen molar-refractivity contribution in [1.29, 1.82) is 0 Å². The van der Waals surface area contributed by atoms with Gasteiger partial charge in [0.25, 0.3) is 0 Å². The highest BCUT2D eigenvalue weighted by Gasteiger charge is 2.05. The summed E-state index contributed by atoms with van der Waals surface area (Å²) < 4.78 is 0. The monoisotopic (exact) mass is 234 g/mol. The Labute approximate surface area is 104 Å². The Balaban J connectivity index is 2.25. The lowest BCUT2D eigenvalue weighted by molar-refractivity contribution is 1.38. The summed E-state index contributed by atoms with van der Waals surface area (Å²) in [6, 6.07) is 19.2. The molecule has 86 valence electrons. The van der Waals surface area contributed by atoms with E-state index in [-0.39, 0.29) is 0 Å². The summed E-state index contributed by atoms with van der Waals surface area (Å²) in [5.74, 6) is 0. The van der Waals surface area contributed by atoms with Gasteiger partial charge in [-0.15, -0.1) is 4.91 Å². The molecule has 3 nitrogen and oxygen atoms in total. The molecule has 0 bridgehead atoms. The molecule has 3 aromatic rings. The van der Waals surface area contributed by atoms with Gasteiger partial charge in [0.1, 0.15) is 11.2 Å². The lowest BCUT2D eigenvalue weighted by Gasteiger charge is -2.04. The molecule has 0 fully saturated rings. The number of aromatic nitrogens is 1. The summed E-state index contributed by atoms with van der Waals surface area (Å²) in [5, 5.41) is 3.94. The third kappa shape index (κ3) is 1.76. The van der Waals surface area contributed by atoms with Crippen LogP contribution in [0.3, 0.4) is 0 Å². The van der Waals surface area contributed by atoms with Gasteiger partial charge in [0.05, 0.1) is 5.69 Å². The van der Waals surface area contributed by atoms with Crippen LogP contribution in [0, 0.1) is 4.91 Å². The van der Waals surface area contributed by atoms with Crippen LogP contribution in [0.1, 0.15) is 0 Å². The normalized spacial score (nSPS) is 10.4. The maximum Gasteiger partial charge on any atom is 0.134 e. The van der Waals surface area contributed by atoms with Crippen molar-refractivity contribution in [2.24, 2.45) is 5.18 Å². The zero-order chi connectivity index (χ0) is 12.4. The van der Waals surface area contributed by atoms with Gasteiger partial charge >= 0.3 is 0 Å². The van der Waals surface area contributed by atoms with Gasteiger partial charge < -0.3 is 0 Å². The molecule has 0 aliphatic heterocycles.